The molecule has 3 heteroatoms. The Labute approximate surface area is 84.5 Å². The maximum Gasteiger partial charge on any atom is 0.314 e. The van der Waals surface area contributed by atoms with Crippen LogP contribution >= 0.6 is 0 Å². The van der Waals surface area contributed by atoms with Crippen LogP contribution in [0.2, 0.25) is 0 Å². The first-order valence-electron chi connectivity index (χ1n) is 4.74. The summed E-state index contributed by atoms with van der Waals surface area (Å²) >= 11 is 0. The molecule has 0 radical (unpaired) electrons. The van der Waals surface area contributed by atoms with E-state index in [4.69, 9.17) is 5.73 Å². The van der Waals surface area contributed by atoms with Gasteiger partial charge in [-0.25, -0.2) is 4.79 Å². The van der Waals surface area contributed by atoms with Gasteiger partial charge in [-0.1, -0.05) is 30.3 Å². The molecule has 0 aromatic heterocycles. The van der Waals surface area contributed by atoms with Crippen LogP contribution in [-0.2, 0) is 6.42 Å². The van der Waals surface area contributed by atoms with E-state index in [1.165, 1.54) is 10.5 Å². The summed E-state index contributed by atoms with van der Waals surface area (Å²) in [7, 11) is 1.72. The molecule has 1 aromatic rings. The number of urea groups is 1. The van der Waals surface area contributed by atoms with Gasteiger partial charge >= 0.3 is 6.03 Å². The molecule has 0 atom stereocenters. The van der Waals surface area contributed by atoms with Gasteiger partial charge in [0, 0.05) is 13.6 Å². The van der Waals surface area contributed by atoms with E-state index in [9.17, 15) is 4.79 Å². The quantitative estimate of drug-likeness (QED) is 0.774. The number of amides is 2. The average molecular weight is 192 g/mol. The minimum atomic E-state index is -0.363. The molecule has 14 heavy (non-hydrogen) atoms. The van der Waals surface area contributed by atoms with Crippen molar-refractivity contribution in [2.45, 2.75) is 12.8 Å². The van der Waals surface area contributed by atoms with E-state index < -0.39 is 0 Å². The van der Waals surface area contributed by atoms with Crippen LogP contribution in [0.4, 0.5) is 4.79 Å². The minimum Gasteiger partial charge on any atom is -0.351 e. The Hall–Kier alpha value is -1.51. The molecule has 0 spiro atoms. The second-order valence-electron chi connectivity index (χ2n) is 3.35. The molecule has 3 nitrogen and oxygen atoms in total. The molecule has 0 heterocycles. The number of rotatable bonds is 4. The van der Waals surface area contributed by atoms with Crippen molar-refractivity contribution in [2.24, 2.45) is 5.73 Å². The van der Waals surface area contributed by atoms with Gasteiger partial charge in [0.25, 0.3) is 0 Å². The number of benzene rings is 1. The molecule has 1 aromatic carbocycles. The number of carbonyl (C=O) groups is 1. The Morgan fingerprint density at radius 1 is 1.36 bits per heavy atom. The van der Waals surface area contributed by atoms with Crippen molar-refractivity contribution in [3.8, 4) is 0 Å². The summed E-state index contributed by atoms with van der Waals surface area (Å²) in [6, 6.07) is 9.85. The highest BCUT2D eigenvalue weighted by Crippen LogP contribution is 2.02. The Bertz CT molecular complexity index is 285. The molecule has 0 aliphatic carbocycles. The molecular formula is C11H16N2O. The molecule has 2 amide bonds. The van der Waals surface area contributed by atoms with Crippen molar-refractivity contribution in [1.82, 2.24) is 4.90 Å². The smallest absolute Gasteiger partial charge is 0.314 e. The second-order valence-corrected chi connectivity index (χ2v) is 3.35. The molecule has 1 rings (SSSR count). The first-order chi connectivity index (χ1) is 6.70. The Balaban J connectivity index is 2.26. The van der Waals surface area contributed by atoms with Gasteiger partial charge in [0.05, 0.1) is 0 Å². The van der Waals surface area contributed by atoms with Gasteiger partial charge in [-0.15, -0.1) is 0 Å². The molecule has 0 aliphatic rings. The fraction of sp³-hybridized carbons (Fsp3) is 0.364. The van der Waals surface area contributed by atoms with E-state index in [2.05, 4.69) is 12.1 Å². The van der Waals surface area contributed by atoms with Crippen LogP contribution < -0.4 is 5.73 Å². The monoisotopic (exact) mass is 192 g/mol. The van der Waals surface area contributed by atoms with Gasteiger partial charge in [-0.2, -0.15) is 0 Å². The molecule has 0 saturated carbocycles. The normalized spacial score (nSPS) is 9.79. The minimum absolute atomic E-state index is 0.363. The summed E-state index contributed by atoms with van der Waals surface area (Å²) < 4.78 is 0. The van der Waals surface area contributed by atoms with Crippen LogP contribution in [0.5, 0.6) is 0 Å². The summed E-state index contributed by atoms with van der Waals surface area (Å²) in [5.74, 6) is 0. The molecule has 0 saturated heterocycles. The van der Waals surface area contributed by atoms with Crippen molar-refractivity contribution in [2.75, 3.05) is 13.6 Å². The number of hydrogen-bond donors (Lipinski definition) is 1. The summed E-state index contributed by atoms with van der Waals surface area (Å²) in [5, 5.41) is 0. The Morgan fingerprint density at radius 2 is 2.00 bits per heavy atom. The highest BCUT2D eigenvalue weighted by atomic mass is 16.2. The summed E-state index contributed by atoms with van der Waals surface area (Å²) in [6.07, 6.45) is 1.93. The van der Waals surface area contributed by atoms with Crippen molar-refractivity contribution in [3.63, 3.8) is 0 Å². The molecule has 0 unspecified atom stereocenters. The highest BCUT2D eigenvalue weighted by Gasteiger charge is 2.01. The van der Waals surface area contributed by atoms with E-state index in [-0.39, 0.29) is 6.03 Å². The topological polar surface area (TPSA) is 46.3 Å². The van der Waals surface area contributed by atoms with Gasteiger partial charge in [0.2, 0.25) is 0 Å². The highest BCUT2D eigenvalue weighted by molar-refractivity contribution is 5.71. The van der Waals surface area contributed by atoms with E-state index in [0.29, 0.717) is 6.54 Å². The number of carbonyl (C=O) groups excluding carboxylic acids is 1. The van der Waals surface area contributed by atoms with Gasteiger partial charge < -0.3 is 10.6 Å². The maximum absolute atomic E-state index is 10.7. The van der Waals surface area contributed by atoms with Gasteiger partial charge in [0.15, 0.2) is 0 Å². The summed E-state index contributed by atoms with van der Waals surface area (Å²) in [5.41, 5.74) is 6.40. The molecule has 2 N–H and O–H groups in total. The van der Waals surface area contributed by atoms with Gasteiger partial charge in [-0.3, -0.25) is 0 Å². The number of primary amides is 1. The van der Waals surface area contributed by atoms with E-state index in [0.717, 1.165) is 12.8 Å². The van der Waals surface area contributed by atoms with Crippen LogP contribution in [0.15, 0.2) is 30.3 Å². The largest absolute Gasteiger partial charge is 0.351 e. The van der Waals surface area contributed by atoms with Crippen molar-refractivity contribution >= 4 is 6.03 Å². The molecule has 0 fully saturated rings. The second kappa shape index (κ2) is 5.27. The summed E-state index contributed by atoms with van der Waals surface area (Å²) in [4.78, 5) is 12.2. The van der Waals surface area contributed by atoms with E-state index in [1.54, 1.807) is 7.05 Å². The third-order valence-corrected chi connectivity index (χ3v) is 2.18. The first-order valence-corrected chi connectivity index (χ1v) is 4.74. The zero-order valence-corrected chi connectivity index (χ0v) is 8.44. The average Bonchev–Trinajstić information content (AvgIpc) is 2.19. The Kier molecular flexibility index (Phi) is 3.98. The molecular weight excluding hydrogens is 176 g/mol. The van der Waals surface area contributed by atoms with Crippen LogP contribution in [-0.4, -0.2) is 24.5 Å². The lowest BCUT2D eigenvalue weighted by atomic mass is 10.1. The zero-order chi connectivity index (χ0) is 10.4. The van der Waals surface area contributed by atoms with Crippen molar-refractivity contribution in [1.29, 1.82) is 0 Å². The lowest BCUT2D eigenvalue weighted by molar-refractivity contribution is 0.218. The third-order valence-electron chi connectivity index (χ3n) is 2.18. The fourth-order valence-electron chi connectivity index (χ4n) is 1.28. The summed E-state index contributed by atoms with van der Waals surface area (Å²) in [6.45, 7) is 0.713. The van der Waals surface area contributed by atoms with E-state index >= 15 is 0 Å². The predicted octanol–water partition coefficient (Wildman–Crippen LogP) is 1.63. The molecule has 0 aliphatic heterocycles. The SMILES string of the molecule is CN(CCCc1ccccc1)C(N)=O. The molecule has 0 bridgehead atoms. The number of nitrogens with two attached hydrogens (primary N) is 1. The van der Waals surface area contributed by atoms with Crippen LogP contribution in [0.1, 0.15) is 12.0 Å². The predicted molar refractivity (Wildman–Crippen MR) is 57.0 cm³/mol. The lowest BCUT2D eigenvalue weighted by Gasteiger charge is -2.13. The number of hydrogen-bond acceptors (Lipinski definition) is 1. The van der Waals surface area contributed by atoms with Crippen molar-refractivity contribution in [3.05, 3.63) is 35.9 Å². The van der Waals surface area contributed by atoms with Crippen LogP contribution in [0, 0.1) is 0 Å². The zero-order valence-electron chi connectivity index (χ0n) is 8.44. The van der Waals surface area contributed by atoms with Gasteiger partial charge in [0.1, 0.15) is 0 Å². The maximum atomic E-state index is 10.7. The number of nitrogens with zero attached hydrogens (tertiary/aromatic N) is 1. The first kappa shape index (κ1) is 10.6. The van der Waals surface area contributed by atoms with Gasteiger partial charge in [-0.05, 0) is 18.4 Å². The number of aryl methyl sites for hydroxylation is 1. The Morgan fingerprint density at radius 3 is 2.57 bits per heavy atom. The molecule has 76 valence electrons. The fourth-order valence-corrected chi connectivity index (χ4v) is 1.28. The van der Waals surface area contributed by atoms with Crippen LogP contribution in [0.3, 0.4) is 0 Å². The lowest BCUT2D eigenvalue weighted by Crippen LogP contribution is -2.32. The van der Waals surface area contributed by atoms with Crippen LogP contribution in [0.25, 0.3) is 0 Å². The standard InChI is InChI=1S/C11H16N2O/c1-13(11(12)14)9-5-8-10-6-3-2-4-7-10/h2-4,6-7H,5,8-9H2,1H3,(H2,12,14). The third kappa shape index (κ3) is 3.47. The van der Waals surface area contributed by atoms with E-state index in [1.807, 2.05) is 18.2 Å². The van der Waals surface area contributed by atoms with Crippen molar-refractivity contribution < 1.29 is 4.79 Å².